The van der Waals surface area contributed by atoms with Crippen molar-refractivity contribution in [2.75, 3.05) is 19.6 Å². The molecule has 1 aliphatic heterocycles. The minimum atomic E-state index is -0.337. The van der Waals surface area contributed by atoms with Gasteiger partial charge >= 0.3 is 0 Å². The topological polar surface area (TPSA) is 49.5 Å². The van der Waals surface area contributed by atoms with Crippen LogP contribution in [0.15, 0.2) is 0 Å². The molecule has 3 nitrogen and oxygen atoms in total. The fourth-order valence-electron chi connectivity index (χ4n) is 1.61. The first-order valence-corrected chi connectivity index (χ1v) is 6.09. The summed E-state index contributed by atoms with van der Waals surface area (Å²) in [6.07, 6.45) is 2.19. The molecule has 0 radical (unpaired) electrons. The average Bonchev–Trinajstić information content (AvgIpc) is 2.51. The van der Waals surface area contributed by atoms with E-state index >= 15 is 0 Å². The van der Waals surface area contributed by atoms with Crippen LogP contribution in [0.2, 0.25) is 0 Å². The van der Waals surface area contributed by atoms with Crippen molar-refractivity contribution in [3.63, 3.8) is 0 Å². The van der Waals surface area contributed by atoms with Crippen LogP contribution in [0, 0.1) is 5.92 Å². The second-order valence-electron chi connectivity index (χ2n) is 5.11. The molecule has 1 heterocycles. The van der Waals surface area contributed by atoms with Crippen molar-refractivity contribution in [1.82, 2.24) is 4.90 Å². The Morgan fingerprint density at radius 3 is 2.27 bits per heavy atom. The molecule has 1 rings (SSSR count). The predicted molar refractivity (Wildman–Crippen MR) is 65.8 cm³/mol. The Hall–Kier alpha value is -0.120. The van der Waals surface area contributed by atoms with Crippen molar-refractivity contribution >= 4 is 0 Å². The summed E-state index contributed by atoms with van der Waals surface area (Å²) >= 11 is 0. The number of likely N-dealkylation sites (tertiary alicyclic amines) is 1. The Kier molecular flexibility index (Phi) is 8.02. The summed E-state index contributed by atoms with van der Waals surface area (Å²) in [6, 6.07) is 0.635. The fraction of sp³-hybridized carbons (Fsp3) is 1.00. The SMILES string of the molecule is CC(C)C.CC1CCCN1CC(O)CN. The molecular weight excluding hydrogens is 188 g/mol. The minimum absolute atomic E-state index is 0.337. The Morgan fingerprint density at radius 1 is 1.40 bits per heavy atom. The summed E-state index contributed by atoms with van der Waals surface area (Å²) in [5.41, 5.74) is 5.32. The molecule has 0 amide bonds. The zero-order chi connectivity index (χ0) is 11.8. The highest BCUT2D eigenvalue weighted by Crippen LogP contribution is 2.15. The van der Waals surface area contributed by atoms with Gasteiger partial charge in [-0.2, -0.15) is 0 Å². The summed E-state index contributed by atoms with van der Waals surface area (Å²) in [4.78, 5) is 2.30. The molecule has 3 heteroatoms. The smallest absolute Gasteiger partial charge is 0.0789 e. The fourth-order valence-corrected chi connectivity index (χ4v) is 1.61. The number of rotatable bonds is 3. The van der Waals surface area contributed by atoms with Crippen LogP contribution in [-0.4, -0.2) is 41.8 Å². The van der Waals surface area contributed by atoms with E-state index in [1.165, 1.54) is 12.8 Å². The molecule has 0 bridgehead atoms. The number of nitrogens with zero attached hydrogens (tertiary/aromatic N) is 1. The molecule has 15 heavy (non-hydrogen) atoms. The van der Waals surface area contributed by atoms with E-state index in [4.69, 9.17) is 5.73 Å². The third kappa shape index (κ3) is 7.77. The number of hydrogen-bond donors (Lipinski definition) is 2. The molecule has 2 atom stereocenters. The first-order chi connectivity index (χ1) is 6.97. The van der Waals surface area contributed by atoms with Gasteiger partial charge in [0.25, 0.3) is 0 Å². The van der Waals surface area contributed by atoms with Gasteiger partial charge in [-0.25, -0.2) is 0 Å². The van der Waals surface area contributed by atoms with Gasteiger partial charge in [-0.3, -0.25) is 4.90 Å². The van der Waals surface area contributed by atoms with Crippen LogP contribution in [-0.2, 0) is 0 Å². The van der Waals surface area contributed by atoms with Crippen LogP contribution in [0.3, 0.4) is 0 Å². The lowest BCUT2D eigenvalue weighted by atomic mass is 10.2. The normalized spacial score (nSPS) is 23.8. The first-order valence-electron chi connectivity index (χ1n) is 6.09. The third-order valence-corrected chi connectivity index (χ3v) is 2.41. The van der Waals surface area contributed by atoms with E-state index in [-0.39, 0.29) is 6.10 Å². The van der Waals surface area contributed by atoms with Crippen molar-refractivity contribution < 1.29 is 5.11 Å². The number of aliphatic hydroxyl groups is 1. The van der Waals surface area contributed by atoms with Crippen molar-refractivity contribution in [2.24, 2.45) is 11.7 Å². The van der Waals surface area contributed by atoms with Gasteiger partial charge in [0.15, 0.2) is 0 Å². The molecule has 0 aromatic carbocycles. The second kappa shape index (κ2) is 8.08. The van der Waals surface area contributed by atoms with Gasteiger partial charge < -0.3 is 10.8 Å². The summed E-state index contributed by atoms with van der Waals surface area (Å²) < 4.78 is 0. The molecule has 0 aliphatic carbocycles. The molecule has 1 aliphatic rings. The van der Waals surface area contributed by atoms with Crippen LogP contribution in [0.1, 0.15) is 40.5 Å². The Bertz CT molecular complexity index is 148. The number of β-amino-alcohol motifs (C(OH)–C–C–N with tert-alkyl or cyclic N) is 1. The van der Waals surface area contributed by atoms with E-state index in [1.807, 2.05) is 0 Å². The van der Waals surface area contributed by atoms with E-state index in [1.54, 1.807) is 0 Å². The summed E-state index contributed by atoms with van der Waals surface area (Å²) in [5.74, 6) is 0.833. The maximum absolute atomic E-state index is 9.27. The van der Waals surface area contributed by atoms with Gasteiger partial charge in [-0.15, -0.1) is 0 Å². The molecule has 0 aromatic rings. The lowest BCUT2D eigenvalue weighted by Gasteiger charge is -2.23. The van der Waals surface area contributed by atoms with Crippen LogP contribution in [0.5, 0.6) is 0 Å². The van der Waals surface area contributed by atoms with E-state index in [0.717, 1.165) is 19.0 Å². The Labute approximate surface area is 94.6 Å². The largest absolute Gasteiger partial charge is 0.390 e. The van der Waals surface area contributed by atoms with E-state index in [0.29, 0.717) is 12.6 Å². The van der Waals surface area contributed by atoms with E-state index in [2.05, 4.69) is 32.6 Å². The quantitative estimate of drug-likeness (QED) is 0.751. The molecule has 0 aromatic heterocycles. The molecule has 2 unspecified atom stereocenters. The lowest BCUT2D eigenvalue weighted by Crippen LogP contribution is -2.38. The molecule has 3 N–H and O–H groups in total. The second-order valence-corrected chi connectivity index (χ2v) is 5.11. The Balaban J connectivity index is 0.000000423. The van der Waals surface area contributed by atoms with Crippen LogP contribution in [0.4, 0.5) is 0 Å². The lowest BCUT2D eigenvalue weighted by molar-refractivity contribution is 0.115. The number of hydrogen-bond acceptors (Lipinski definition) is 3. The minimum Gasteiger partial charge on any atom is -0.390 e. The van der Waals surface area contributed by atoms with Crippen molar-refractivity contribution in [3.8, 4) is 0 Å². The van der Waals surface area contributed by atoms with Crippen molar-refractivity contribution in [3.05, 3.63) is 0 Å². The third-order valence-electron chi connectivity index (χ3n) is 2.41. The van der Waals surface area contributed by atoms with E-state index in [9.17, 15) is 5.11 Å². The summed E-state index contributed by atoms with van der Waals surface area (Å²) in [6.45, 7) is 11.0. The maximum atomic E-state index is 9.27. The van der Waals surface area contributed by atoms with Gasteiger partial charge in [0, 0.05) is 19.1 Å². The number of nitrogens with two attached hydrogens (primary N) is 1. The standard InChI is InChI=1S/C8H18N2O.C4H10/c1-7-3-2-4-10(7)6-8(11)5-9;1-4(2)3/h7-8,11H,2-6,9H2,1H3;4H,1-3H3. The molecule has 0 spiro atoms. The highest BCUT2D eigenvalue weighted by atomic mass is 16.3. The van der Waals surface area contributed by atoms with Crippen LogP contribution in [0.25, 0.3) is 0 Å². The Morgan fingerprint density at radius 2 is 1.93 bits per heavy atom. The molecular formula is C12H28N2O. The van der Waals surface area contributed by atoms with Crippen LogP contribution < -0.4 is 5.73 Å². The summed E-state index contributed by atoms with van der Waals surface area (Å²) in [7, 11) is 0. The number of aliphatic hydroxyl groups excluding tert-OH is 1. The van der Waals surface area contributed by atoms with Crippen molar-refractivity contribution in [1.29, 1.82) is 0 Å². The average molecular weight is 216 g/mol. The highest BCUT2D eigenvalue weighted by molar-refractivity contribution is 4.77. The van der Waals surface area contributed by atoms with Gasteiger partial charge in [0.2, 0.25) is 0 Å². The first kappa shape index (κ1) is 14.9. The zero-order valence-corrected chi connectivity index (χ0v) is 10.7. The molecule has 1 fully saturated rings. The van der Waals surface area contributed by atoms with Gasteiger partial charge in [0.05, 0.1) is 6.10 Å². The highest BCUT2D eigenvalue weighted by Gasteiger charge is 2.21. The monoisotopic (exact) mass is 216 g/mol. The molecule has 1 saturated heterocycles. The van der Waals surface area contributed by atoms with Crippen LogP contribution >= 0.6 is 0 Å². The molecule has 0 saturated carbocycles. The van der Waals surface area contributed by atoms with Gasteiger partial charge in [-0.05, 0) is 32.2 Å². The van der Waals surface area contributed by atoms with Gasteiger partial charge in [0.1, 0.15) is 0 Å². The summed E-state index contributed by atoms with van der Waals surface area (Å²) in [5, 5.41) is 9.27. The van der Waals surface area contributed by atoms with E-state index < -0.39 is 0 Å². The van der Waals surface area contributed by atoms with Crippen molar-refractivity contribution in [2.45, 2.75) is 52.7 Å². The predicted octanol–water partition coefficient (Wildman–Crippen LogP) is 1.45. The maximum Gasteiger partial charge on any atom is 0.0789 e. The van der Waals surface area contributed by atoms with Gasteiger partial charge in [-0.1, -0.05) is 20.8 Å². The molecule has 92 valence electrons. The zero-order valence-electron chi connectivity index (χ0n) is 10.7.